The smallest absolute Gasteiger partial charge is 0.180 e. The van der Waals surface area contributed by atoms with Gasteiger partial charge >= 0.3 is 0 Å². The summed E-state index contributed by atoms with van der Waals surface area (Å²) in [6.45, 7) is 5.20. The molecule has 2 aromatic heterocycles. The molecular formula is C14H22N6. The van der Waals surface area contributed by atoms with Crippen molar-refractivity contribution in [1.82, 2.24) is 19.3 Å². The van der Waals surface area contributed by atoms with E-state index in [1.54, 1.807) is 0 Å². The van der Waals surface area contributed by atoms with Crippen LogP contribution in [0.1, 0.15) is 19.8 Å². The van der Waals surface area contributed by atoms with Gasteiger partial charge in [-0.2, -0.15) is 0 Å². The van der Waals surface area contributed by atoms with Crippen molar-refractivity contribution >= 4 is 17.3 Å². The van der Waals surface area contributed by atoms with E-state index in [0.29, 0.717) is 6.04 Å². The molecule has 0 unspecified atom stereocenters. The van der Waals surface area contributed by atoms with Gasteiger partial charge in [-0.25, -0.2) is 9.97 Å². The number of likely N-dealkylation sites (tertiary alicyclic amines) is 1. The van der Waals surface area contributed by atoms with Crippen LogP contribution in [-0.2, 0) is 0 Å². The van der Waals surface area contributed by atoms with Gasteiger partial charge in [0.1, 0.15) is 5.82 Å². The van der Waals surface area contributed by atoms with Crippen LogP contribution in [0.2, 0.25) is 0 Å². The van der Waals surface area contributed by atoms with Gasteiger partial charge in [-0.05, 0) is 39.9 Å². The van der Waals surface area contributed by atoms with Crippen LogP contribution in [0.4, 0.5) is 11.6 Å². The first-order valence-electron chi connectivity index (χ1n) is 7.29. The predicted molar refractivity (Wildman–Crippen MR) is 81.3 cm³/mol. The molecule has 2 N–H and O–H groups in total. The van der Waals surface area contributed by atoms with Crippen molar-refractivity contribution in [3.63, 3.8) is 0 Å². The van der Waals surface area contributed by atoms with Crippen LogP contribution in [0, 0.1) is 0 Å². The van der Waals surface area contributed by atoms with E-state index in [9.17, 15) is 0 Å². The Labute approximate surface area is 119 Å². The van der Waals surface area contributed by atoms with Gasteiger partial charge < -0.3 is 19.9 Å². The van der Waals surface area contributed by atoms with Crippen LogP contribution in [-0.4, -0.2) is 52.0 Å². The van der Waals surface area contributed by atoms with Crippen molar-refractivity contribution in [3.05, 3.63) is 18.6 Å². The van der Waals surface area contributed by atoms with Gasteiger partial charge in [0, 0.05) is 25.0 Å². The minimum absolute atomic E-state index is 0.482. The maximum Gasteiger partial charge on any atom is 0.180 e. The van der Waals surface area contributed by atoms with E-state index in [2.05, 4.69) is 39.5 Å². The van der Waals surface area contributed by atoms with Crippen LogP contribution in [0.15, 0.2) is 18.6 Å². The van der Waals surface area contributed by atoms with Gasteiger partial charge in [-0.1, -0.05) is 0 Å². The molecule has 1 fully saturated rings. The highest BCUT2D eigenvalue weighted by Crippen LogP contribution is 2.20. The zero-order valence-electron chi connectivity index (χ0n) is 12.1. The van der Waals surface area contributed by atoms with Gasteiger partial charge in [0.25, 0.3) is 0 Å². The maximum absolute atomic E-state index is 4.66. The van der Waals surface area contributed by atoms with Crippen molar-refractivity contribution in [1.29, 1.82) is 0 Å². The molecule has 0 radical (unpaired) electrons. The van der Waals surface area contributed by atoms with Crippen LogP contribution < -0.4 is 10.6 Å². The molecule has 0 aliphatic carbocycles. The lowest BCUT2D eigenvalue weighted by molar-refractivity contribution is 0.263. The summed E-state index contributed by atoms with van der Waals surface area (Å²) in [7, 11) is 2.17. The van der Waals surface area contributed by atoms with Crippen LogP contribution in [0.5, 0.6) is 0 Å². The molecule has 1 aliphatic rings. The third kappa shape index (κ3) is 2.70. The fourth-order valence-corrected chi connectivity index (χ4v) is 2.64. The Kier molecular flexibility index (Phi) is 3.73. The minimum atomic E-state index is 0.482. The van der Waals surface area contributed by atoms with E-state index in [0.717, 1.165) is 49.8 Å². The Morgan fingerprint density at radius 3 is 2.90 bits per heavy atom. The third-order valence-corrected chi connectivity index (χ3v) is 3.79. The Hall–Kier alpha value is -1.82. The monoisotopic (exact) mass is 274 g/mol. The predicted octanol–water partition coefficient (Wildman–Crippen LogP) is 1.67. The molecule has 0 saturated carbocycles. The molecule has 3 rings (SSSR count). The van der Waals surface area contributed by atoms with Crippen molar-refractivity contribution < 1.29 is 0 Å². The maximum atomic E-state index is 4.66. The molecule has 0 spiro atoms. The lowest BCUT2D eigenvalue weighted by Gasteiger charge is -2.29. The summed E-state index contributed by atoms with van der Waals surface area (Å²) >= 11 is 0. The summed E-state index contributed by atoms with van der Waals surface area (Å²) in [6, 6.07) is 0.482. The van der Waals surface area contributed by atoms with Crippen LogP contribution in [0.25, 0.3) is 5.65 Å². The van der Waals surface area contributed by atoms with E-state index in [-0.39, 0.29) is 0 Å². The quantitative estimate of drug-likeness (QED) is 0.888. The first kappa shape index (κ1) is 13.2. The standard InChI is InChI=1S/C14H22N6/c1-3-15-12-10-20-9-6-16-14(20)13(18-12)17-11-4-7-19(2)8-5-11/h6,9-11,15H,3-5,7-8H2,1-2H3,(H,17,18). The van der Waals surface area contributed by atoms with Crippen molar-refractivity contribution in [2.24, 2.45) is 0 Å². The molecule has 20 heavy (non-hydrogen) atoms. The topological polar surface area (TPSA) is 57.5 Å². The number of hydrogen-bond acceptors (Lipinski definition) is 5. The van der Waals surface area contributed by atoms with Crippen molar-refractivity contribution in [3.8, 4) is 0 Å². The van der Waals surface area contributed by atoms with Gasteiger partial charge in [0.15, 0.2) is 11.5 Å². The average molecular weight is 274 g/mol. The molecule has 1 aliphatic heterocycles. The van der Waals surface area contributed by atoms with E-state index in [1.807, 2.05) is 23.0 Å². The highest BCUT2D eigenvalue weighted by atomic mass is 15.2. The van der Waals surface area contributed by atoms with Gasteiger partial charge in [0.05, 0.1) is 6.20 Å². The molecule has 0 atom stereocenters. The molecule has 0 amide bonds. The number of imidazole rings is 1. The molecule has 3 heterocycles. The highest BCUT2D eigenvalue weighted by Gasteiger charge is 2.18. The number of anilines is 2. The Morgan fingerprint density at radius 1 is 1.35 bits per heavy atom. The highest BCUT2D eigenvalue weighted by molar-refractivity contribution is 5.65. The third-order valence-electron chi connectivity index (χ3n) is 3.79. The van der Waals surface area contributed by atoms with Crippen LogP contribution in [0.3, 0.4) is 0 Å². The SMILES string of the molecule is CCNc1cn2ccnc2c(NC2CCN(C)CC2)n1. The zero-order valence-corrected chi connectivity index (χ0v) is 12.1. The lowest BCUT2D eigenvalue weighted by Crippen LogP contribution is -2.37. The second-order valence-corrected chi connectivity index (χ2v) is 5.39. The van der Waals surface area contributed by atoms with Crippen molar-refractivity contribution in [2.45, 2.75) is 25.8 Å². The Bertz CT molecular complexity index is 570. The largest absolute Gasteiger partial charge is 0.369 e. The lowest BCUT2D eigenvalue weighted by atomic mass is 10.1. The Morgan fingerprint density at radius 2 is 2.15 bits per heavy atom. The summed E-state index contributed by atoms with van der Waals surface area (Å²) in [5.41, 5.74) is 0.894. The fourth-order valence-electron chi connectivity index (χ4n) is 2.64. The van der Waals surface area contributed by atoms with E-state index in [1.165, 1.54) is 0 Å². The fraction of sp³-hybridized carbons (Fsp3) is 0.571. The summed E-state index contributed by atoms with van der Waals surface area (Å²) in [6.07, 6.45) is 8.04. The first-order valence-corrected chi connectivity index (χ1v) is 7.29. The van der Waals surface area contributed by atoms with E-state index in [4.69, 9.17) is 0 Å². The summed E-state index contributed by atoms with van der Waals surface area (Å²) in [4.78, 5) is 11.4. The molecular weight excluding hydrogens is 252 g/mol. The molecule has 1 saturated heterocycles. The van der Waals surface area contributed by atoms with E-state index >= 15 is 0 Å². The van der Waals surface area contributed by atoms with E-state index < -0.39 is 0 Å². The number of rotatable bonds is 4. The second kappa shape index (κ2) is 5.66. The number of aromatic nitrogens is 3. The minimum Gasteiger partial charge on any atom is -0.369 e. The zero-order chi connectivity index (χ0) is 13.9. The number of fused-ring (bicyclic) bond motifs is 1. The van der Waals surface area contributed by atoms with Crippen LogP contribution >= 0.6 is 0 Å². The molecule has 108 valence electrons. The molecule has 0 aromatic carbocycles. The molecule has 6 nitrogen and oxygen atoms in total. The average Bonchev–Trinajstić information content (AvgIpc) is 2.90. The van der Waals surface area contributed by atoms with Gasteiger partial charge in [-0.15, -0.1) is 0 Å². The molecule has 0 bridgehead atoms. The number of nitrogens with zero attached hydrogens (tertiary/aromatic N) is 4. The number of nitrogens with one attached hydrogen (secondary N) is 2. The summed E-state index contributed by atoms with van der Waals surface area (Å²) in [5.74, 6) is 1.76. The summed E-state index contributed by atoms with van der Waals surface area (Å²) < 4.78 is 2.02. The number of piperidine rings is 1. The number of hydrogen-bond donors (Lipinski definition) is 2. The van der Waals surface area contributed by atoms with Gasteiger partial charge in [0.2, 0.25) is 0 Å². The van der Waals surface area contributed by atoms with Gasteiger partial charge in [-0.3, -0.25) is 0 Å². The second-order valence-electron chi connectivity index (χ2n) is 5.39. The first-order chi connectivity index (χ1) is 9.76. The van der Waals surface area contributed by atoms with Crippen molar-refractivity contribution in [2.75, 3.05) is 37.3 Å². The molecule has 6 heteroatoms. The Balaban J connectivity index is 1.83. The summed E-state index contributed by atoms with van der Waals surface area (Å²) in [5, 5.41) is 6.83. The molecule has 2 aromatic rings. The normalized spacial score (nSPS) is 17.5.